The number of halogens is 1. The Labute approximate surface area is 148 Å². The number of benzene rings is 1. The third kappa shape index (κ3) is 2.77. The standard InChI is InChI=1S/C18H13ClN4O2/c1-11-20-7-8-23(11)16-5-2-12(10-21-16)22-18(24)14-3-4-15(19)17-13(14)6-9-25-17/h2-10H,1H3,(H,22,24). The number of amides is 1. The number of fused-ring (bicyclic) bond motifs is 1. The molecule has 0 saturated carbocycles. The molecule has 0 bridgehead atoms. The van der Waals surface area contributed by atoms with E-state index in [2.05, 4.69) is 15.3 Å². The van der Waals surface area contributed by atoms with Crippen molar-refractivity contribution >= 4 is 34.2 Å². The van der Waals surface area contributed by atoms with Crippen molar-refractivity contribution in [1.82, 2.24) is 14.5 Å². The predicted molar refractivity (Wildman–Crippen MR) is 95.3 cm³/mol. The van der Waals surface area contributed by atoms with Crippen LogP contribution in [0.1, 0.15) is 16.2 Å². The van der Waals surface area contributed by atoms with Gasteiger partial charge in [-0.05, 0) is 37.3 Å². The molecule has 4 aromatic rings. The molecule has 7 heteroatoms. The van der Waals surface area contributed by atoms with Gasteiger partial charge in [0.25, 0.3) is 5.91 Å². The van der Waals surface area contributed by atoms with E-state index in [1.165, 1.54) is 6.26 Å². The number of pyridine rings is 1. The summed E-state index contributed by atoms with van der Waals surface area (Å²) in [6.45, 7) is 1.90. The largest absolute Gasteiger partial charge is 0.463 e. The van der Waals surface area contributed by atoms with Crippen molar-refractivity contribution in [1.29, 1.82) is 0 Å². The summed E-state index contributed by atoms with van der Waals surface area (Å²) in [5, 5.41) is 3.98. The highest BCUT2D eigenvalue weighted by Gasteiger charge is 2.14. The van der Waals surface area contributed by atoms with Crippen LogP contribution in [0.15, 0.2) is 59.6 Å². The van der Waals surface area contributed by atoms with Gasteiger partial charge in [0.05, 0.1) is 28.7 Å². The zero-order valence-electron chi connectivity index (χ0n) is 13.2. The molecule has 0 saturated heterocycles. The Hall–Kier alpha value is -3.12. The normalized spacial score (nSPS) is 11.0. The van der Waals surface area contributed by atoms with Gasteiger partial charge >= 0.3 is 0 Å². The van der Waals surface area contributed by atoms with Crippen molar-refractivity contribution in [2.24, 2.45) is 0 Å². The molecule has 124 valence electrons. The number of carbonyl (C=O) groups is 1. The monoisotopic (exact) mass is 352 g/mol. The van der Waals surface area contributed by atoms with Crippen LogP contribution in [0.3, 0.4) is 0 Å². The van der Waals surface area contributed by atoms with E-state index >= 15 is 0 Å². The van der Waals surface area contributed by atoms with Gasteiger partial charge in [0.2, 0.25) is 0 Å². The van der Waals surface area contributed by atoms with Crippen molar-refractivity contribution in [3.8, 4) is 5.82 Å². The first kappa shape index (κ1) is 15.4. The van der Waals surface area contributed by atoms with Crippen molar-refractivity contribution in [3.05, 3.63) is 71.6 Å². The molecule has 0 aliphatic rings. The second-order valence-electron chi connectivity index (χ2n) is 5.46. The first-order valence-corrected chi connectivity index (χ1v) is 7.95. The van der Waals surface area contributed by atoms with Crippen LogP contribution >= 0.6 is 11.6 Å². The van der Waals surface area contributed by atoms with Gasteiger partial charge in [-0.25, -0.2) is 9.97 Å². The first-order valence-electron chi connectivity index (χ1n) is 7.57. The van der Waals surface area contributed by atoms with Crippen molar-refractivity contribution in [3.63, 3.8) is 0 Å². The van der Waals surface area contributed by atoms with E-state index in [1.807, 2.05) is 23.8 Å². The lowest BCUT2D eigenvalue weighted by Gasteiger charge is -2.08. The quantitative estimate of drug-likeness (QED) is 0.599. The summed E-state index contributed by atoms with van der Waals surface area (Å²) >= 11 is 6.07. The molecule has 3 aromatic heterocycles. The number of nitrogens with zero attached hydrogens (tertiary/aromatic N) is 3. The minimum absolute atomic E-state index is 0.253. The second kappa shape index (κ2) is 6.07. The lowest BCUT2D eigenvalue weighted by Crippen LogP contribution is -2.12. The fourth-order valence-electron chi connectivity index (χ4n) is 2.65. The average molecular weight is 353 g/mol. The van der Waals surface area contributed by atoms with Gasteiger partial charge < -0.3 is 9.73 Å². The number of imidazole rings is 1. The van der Waals surface area contributed by atoms with Crippen molar-refractivity contribution in [2.75, 3.05) is 5.32 Å². The topological polar surface area (TPSA) is 73.0 Å². The second-order valence-corrected chi connectivity index (χ2v) is 5.87. The molecule has 1 N–H and O–H groups in total. The summed E-state index contributed by atoms with van der Waals surface area (Å²) in [4.78, 5) is 21.1. The summed E-state index contributed by atoms with van der Waals surface area (Å²) in [7, 11) is 0. The Morgan fingerprint density at radius 1 is 1.20 bits per heavy atom. The highest BCUT2D eigenvalue weighted by molar-refractivity contribution is 6.35. The van der Waals surface area contributed by atoms with Crippen molar-refractivity contribution in [2.45, 2.75) is 6.92 Å². The molecule has 0 unspecified atom stereocenters. The molecule has 0 aliphatic heterocycles. The van der Waals surface area contributed by atoms with Crippen molar-refractivity contribution < 1.29 is 9.21 Å². The lowest BCUT2D eigenvalue weighted by atomic mass is 10.1. The fraction of sp³-hybridized carbons (Fsp3) is 0.0556. The maximum absolute atomic E-state index is 12.6. The van der Waals surface area contributed by atoms with E-state index in [4.69, 9.17) is 16.0 Å². The van der Waals surface area contributed by atoms with Crippen LogP contribution in [0.2, 0.25) is 5.02 Å². The van der Waals surface area contributed by atoms with Gasteiger partial charge in [-0.3, -0.25) is 9.36 Å². The average Bonchev–Trinajstić information content (AvgIpc) is 3.25. The number of hydrogen-bond acceptors (Lipinski definition) is 4. The Morgan fingerprint density at radius 3 is 2.80 bits per heavy atom. The van der Waals surface area contributed by atoms with Crippen LogP contribution in [-0.2, 0) is 0 Å². The highest BCUT2D eigenvalue weighted by atomic mass is 35.5. The molecular formula is C18H13ClN4O2. The van der Waals surface area contributed by atoms with Gasteiger partial charge in [0.15, 0.2) is 5.58 Å². The van der Waals surface area contributed by atoms with E-state index < -0.39 is 0 Å². The molecule has 0 fully saturated rings. The predicted octanol–water partition coefficient (Wildman–Crippen LogP) is 4.23. The Kier molecular flexibility index (Phi) is 3.74. The third-order valence-corrected chi connectivity index (χ3v) is 4.19. The van der Waals surface area contributed by atoms with Crippen LogP contribution in [0, 0.1) is 6.92 Å². The van der Waals surface area contributed by atoms with Crippen LogP contribution in [0.4, 0.5) is 5.69 Å². The molecule has 25 heavy (non-hydrogen) atoms. The Morgan fingerprint density at radius 2 is 2.08 bits per heavy atom. The maximum atomic E-state index is 12.6. The highest BCUT2D eigenvalue weighted by Crippen LogP contribution is 2.28. The molecular weight excluding hydrogens is 340 g/mol. The first-order chi connectivity index (χ1) is 12.1. The number of nitrogens with one attached hydrogen (secondary N) is 1. The zero-order chi connectivity index (χ0) is 17.4. The van der Waals surface area contributed by atoms with Crippen LogP contribution in [0.25, 0.3) is 16.8 Å². The number of anilines is 1. The van der Waals surface area contributed by atoms with E-state index in [9.17, 15) is 4.79 Å². The maximum Gasteiger partial charge on any atom is 0.256 e. The molecule has 3 heterocycles. The minimum atomic E-state index is -0.253. The number of aryl methyl sites for hydroxylation is 1. The number of rotatable bonds is 3. The molecule has 6 nitrogen and oxygen atoms in total. The van der Waals surface area contributed by atoms with Crippen LogP contribution in [0.5, 0.6) is 0 Å². The van der Waals surface area contributed by atoms with E-state index in [0.29, 0.717) is 27.2 Å². The molecule has 0 spiro atoms. The summed E-state index contributed by atoms with van der Waals surface area (Å²) in [6.07, 6.45) is 6.66. The smallest absolute Gasteiger partial charge is 0.256 e. The van der Waals surface area contributed by atoms with Crippen LogP contribution in [-0.4, -0.2) is 20.4 Å². The third-order valence-electron chi connectivity index (χ3n) is 3.89. The number of carbonyl (C=O) groups excluding carboxylic acids is 1. The molecule has 4 rings (SSSR count). The Balaban J connectivity index is 1.59. The van der Waals surface area contributed by atoms with Gasteiger partial charge in [-0.1, -0.05) is 11.6 Å². The van der Waals surface area contributed by atoms with Gasteiger partial charge in [-0.15, -0.1) is 0 Å². The lowest BCUT2D eigenvalue weighted by molar-refractivity contribution is 0.102. The molecule has 0 atom stereocenters. The van der Waals surface area contributed by atoms with Gasteiger partial charge in [0.1, 0.15) is 11.6 Å². The van der Waals surface area contributed by atoms with Gasteiger partial charge in [-0.2, -0.15) is 0 Å². The van der Waals surface area contributed by atoms with Crippen LogP contribution < -0.4 is 5.32 Å². The van der Waals surface area contributed by atoms with E-state index in [-0.39, 0.29) is 5.91 Å². The summed E-state index contributed by atoms with van der Waals surface area (Å²) < 4.78 is 7.19. The fourth-order valence-corrected chi connectivity index (χ4v) is 2.86. The molecule has 0 radical (unpaired) electrons. The molecule has 1 aromatic carbocycles. The molecule has 1 amide bonds. The SMILES string of the molecule is Cc1nccn1-c1ccc(NC(=O)c2ccc(Cl)c3occc23)cn1. The summed E-state index contributed by atoms with van der Waals surface area (Å²) in [5.74, 6) is 1.32. The van der Waals surface area contributed by atoms with Gasteiger partial charge in [0, 0.05) is 17.8 Å². The zero-order valence-corrected chi connectivity index (χ0v) is 14.0. The molecule has 0 aliphatic carbocycles. The van der Waals surface area contributed by atoms with E-state index in [0.717, 1.165) is 11.6 Å². The number of furan rings is 1. The summed E-state index contributed by atoms with van der Waals surface area (Å²) in [6, 6.07) is 8.65. The minimum Gasteiger partial charge on any atom is -0.463 e. The number of hydrogen-bond donors (Lipinski definition) is 1. The number of aromatic nitrogens is 3. The Bertz CT molecular complexity index is 1070. The summed E-state index contributed by atoms with van der Waals surface area (Å²) in [5.41, 5.74) is 1.58. The van der Waals surface area contributed by atoms with E-state index in [1.54, 1.807) is 36.7 Å².